The molecule has 4 aliphatic heterocycles. The molecule has 1 aromatic rings. The molecule has 5 rings (SSSR count). The van der Waals surface area contributed by atoms with E-state index in [9.17, 15) is 14.4 Å². The Morgan fingerprint density at radius 2 is 1.61 bits per heavy atom. The highest BCUT2D eigenvalue weighted by Gasteiger charge is 2.38. The Morgan fingerprint density at radius 3 is 2.36 bits per heavy atom. The summed E-state index contributed by atoms with van der Waals surface area (Å²) in [6, 6.07) is 5.45. The minimum atomic E-state index is -0.354. The van der Waals surface area contributed by atoms with Crippen molar-refractivity contribution in [2.75, 3.05) is 83.7 Å². The van der Waals surface area contributed by atoms with E-state index < -0.39 is 0 Å². The fourth-order valence-electron chi connectivity index (χ4n) is 4.81. The van der Waals surface area contributed by atoms with Crippen molar-refractivity contribution in [1.29, 1.82) is 0 Å². The standard InChI is InChI=1S/C23H30N4O6/c28-21-13-17(15-27(21)18-1-2-19-20(14-18)33-12-11-32-19)23(30)26-5-3-24(4-6-26)16-22(29)25-7-9-31-10-8-25/h1-2,14,17H,3-13,15-16H2. The van der Waals surface area contributed by atoms with E-state index in [1.807, 2.05) is 28.0 Å². The van der Waals surface area contributed by atoms with Crippen molar-refractivity contribution < 1.29 is 28.6 Å². The fourth-order valence-corrected chi connectivity index (χ4v) is 4.81. The summed E-state index contributed by atoms with van der Waals surface area (Å²) in [6.45, 7) is 6.69. The third kappa shape index (κ3) is 4.77. The van der Waals surface area contributed by atoms with Crippen LogP contribution < -0.4 is 14.4 Å². The molecule has 3 fully saturated rings. The first-order valence-corrected chi connectivity index (χ1v) is 11.6. The van der Waals surface area contributed by atoms with Gasteiger partial charge in [-0.05, 0) is 12.1 Å². The molecule has 3 amide bonds. The van der Waals surface area contributed by atoms with E-state index in [4.69, 9.17) is 14.2 Å². The van der Waals surface area contributed by atoms with Crippen molar-refractivity contribution in [3.63, 3.8) is 0 Å². The highest BCUT2D eigenvalue weighted by molar-refractivity contribution is 6.00. The van der Waals surface area contributed by atoms with Crippen LogP contribution in [0.3, 0.4) is 0 Å². The van der Waals surface area contributed by atoms with Gasteiger partial charge in [0.25, 0.3) is 0 Å². The van der Waals surface area contributed by atoms with Crippen LogP contribution in [-0.2, 0) is 19.1 Å². The number of morpholine rings is 1. The van der Waals surface area contributed by atoms with Gasteiger partial charge in [0.2, 0.25) is 17.7 Å². The number of carbonyl (C=O) groups is 3. The maximum absolute atomic E-state index is 13.1. The summed E-state index contributed by atoms with van der Waals surface area (Å²) in [5.41, 5.74) is 0.728. The van der Waals surface area contributed by atoms with Crippen molar-refractivity contribution >= 4 is 23.4 Å². The highest BCUT2D eigenvalue weighted by atomic mass is 16.6. The summed E-state index contributed by atoms with van der Waals surface area (Å²) in [6.07, 6.45) is 0.211. The van der Waals surface area contributed by atoms with Crippen LogP contribution in [0.4, 0.5) is 5.69 Å². The van der Waals surface area contributed by atoms with Gasteiger partial charge in [0.15, 0.2) is 11.5 Å². The fraction of sp³-hybridized carbons (Fsp3) is 0.609. The molecule has 0 spiro atoms. The number of hydrogen-bond acceptors (Lipinski definition) is 7. The average molecular weight is 459 g/mol. The topological polar surface area (TPSA) is 91.9 Å². The van der Waals surface area contributed by atoms with E-state index in [1.165, 1.54) is 0 Å². The largest absolute Gasteiger partial charge is 0.486 e. The quantitative estimate of drug-likeness (QED) is 0.618. The second kappa shape index (κ2) is 9.56. The van der Waals surface area contributed by atoms with Gasteiger partial charge in [0, 0.05) is 64.0 Å². The zero-order chi connectivity index (χ0) is 22.8. The molecule has 1 aromatic carbocycles. The lowest BCUT2D eigenvalue weighted by atomic mass is 10.1. The normalized spacial score (nSPS) is 23.7. The minimum absolute atomic E-state index is 0.0162. The Labute approximate surface area is 192 Å². The van der Waals surface area contributed by atoms with E-state index >= 15 is 0 Å². The second-order valence-electron chi connectivity index (χ2n) is 8.83. The van der Waals surface area contributed by atoms with E-state index in [0.717, 1.165) is 5.69 Å². The van der Waals surface area contributed by atoms with Gasteiger partial charge in [-0.3, -0.25) is 19.3 Å². The molecule has 0 saturated carbocycles. The Morgan fingerprint density at radius 1 is 0.879 bits per heavy atom. The Kier molecular flexibility index (Phi) is 6.37. The lowest BCUT2D eigenvalue weighted by Crippen LogP contribution is -2.53. The number of carbonyl (C=O) groups excluding carboxylic acids is 3. The van der Waals surface area contributed by atoms with Crippen LogP contribution in [-0.4, -0.2) is 111 Å². The molecule has 33 heavy (non-hydrogen) atoms. The smallest absolute Gasteiger partial charge is 0.236 e. The van der Waals surface area contributed by atoms with Crippen LogP contribution in [0.2, 0.25) is 0 Å². The Balaban J connectivity index is 1.13. The molecule has 1 atom stereocenters. The van der Waals surface area contributed by atoms with E-state index in [1.54, 1.807) is 4.90 Å². The number of benzene rings is 1. The van der Waals surface area contributed by atoms with Crippen molar-refractivity contribution in [2.24, 2.45) is 5.92 Å². The number of rotatable bonds is 4. The number of nitrogens with zero attached hydrogens (tertiary/aromatic N) is 4. The third-order valence-corrected chi connectivity index (χ3v) is 6.72. The molecule has 0 aromatic heterocycles. The number of amides is 3. The molecule has 0 aliphatic carbocycles. The number of hydrogen-bond donors (Lipinski definition) is 0. The summed E-state index contributed by atoms with van der Waals surface area (Å²) in [5, 5.41) is 0. The molecule has 10 nitrogen and oxygen atoms in total. The van der Waals surface area contributed by atoms with Gasteiger partial charge < -0.3 is 28.9 Å². The molecule has 0 radical (unpaired) electrons. The van der Waals surface area contributed by atoms with E-state index in [0.29, 0.717) is 90.3 Å². The van der Waals surface area contributed by atoms with Gasteiger partial charge in [-0.25, -0.2) is 0 Å². The van der Waals surface area contributed by atoms with Crippen LogP contribution in [0.5, 0.6) is 11.5 Å². The van der Waals surface area contributed by atoms with Crippen LogP contribution in [0.15, 0.2) is 18.2 Å². The first-order valence-electron chi connectivity index (χ1n) is 11.6. The first kappa shape index (κ1) is 22.0. The highest BCUT2D eigenvalue weighted by Crippen LogP contribution is 2.36. The van der Waals surface area contributed by atoms with Crippen LogP contribution >= 0.6 is 0 Å². The molecule has 4 heterocycles. The van der Waals surface area contributed by atoms with Gasteiger partial charge >= 0.3 is 0 Å². The first-order chi connectivity index (χ1) is 16.1. The molecule has 0 bridgehead atoms. The van der Waals surface area contributed by atoms with Crippen molar-refractivity contribution in [1.82, 2.24) is 14.7 Å². The van der Waals surface area contributed by atoms with E-state index in [2.05, 4.69) is 4.90 Å². The SMILES string of the molecule is O=C(CN1CCN(C(=O)C2CC(=O)N(c3ccc4c(c3)OCCO4)C2)CC1)N1CCOCC1. The summed E-state index contributed by atoms with van der Waals surface area (Å²) in [5.74, 6) is 1.03. The monoisotopic (exact) mass is 458 g/mol. The molecule has 178 valence electrons. The molecule has 3 saturated heterocycles. The zero-order valence-electron chi connectivity index (χ0n) is 18.7. The summed E-state index contributed by atoms with van der Waals surface area (Å²) in [4.78, 5) is 45.7. The van der Waals surface area contributed by atoms with E-state index in [-0.39, 0.29) is 30.1 Å². The number of fused-ring (bicyclic) bond motifs is 1. The molecule has 10 heteroatoms. The predicted molar refractivity (Wildman–Crippen MR) is 118 cm³/mol. The van der Waals surface area contributed by atoms with Gasteiger partial charge in [-0.1, -0.05) is 0 Å². The van der Waals surface area contributed by atoms with Crippen molar-refractivity contribution in [2.45, 2.75) is 6.42 Å². The van der Waals surface area contributed by atoms with Gasteiger partial charge in [0.05, 0.1) is 25.7 Å². The minimum Gasteiger partial charge on any atom is -0.486 e. The molecular formula is C23H30N4O6. The second-order valence-corrected chi connectivity index (χ2v) is 8.83. The van der Waals surface area contributed by atoms with Crippen LogP contribution in [0, 0.1) is 5.92 Å². The summed E-state index contributed by atoms with van der Waals surface area (Å²) in [7, 11) is 0. The third-order valence-electron chi connectivity index (χ3n) is 6.72. The molecule has 4 aliphatic rings. The van der Waals surface area contributed by atoms with Gasteiger partial charge in [-0.2, -0.15) is 0 Å². The van der Waals surface area contributed by atoms with Gasteiger partial charge in [-0.15, -0.1) is 0 Å². The number of ether oxygens (including phenoxy) is 3. The number of anilines is 1. The maximum Gasteiger partial charge on any atom is 0.236 e. The van der Waals surface area contributed by atoms with Gasteiger partial charge in [0.1, 0.15) is 13.2 Å². The number of piperazine rings is 1. The molecular weight excluding hydrogens is 428 g/mol. The average Bonchev–Trinajstić information content (AvgIpc) is 3.26. The summed E-state index contributed by atoms with van der Waals surface area (Å²) >= 11 is 0. The lowest BCUT2D eigenvalue weighted by molar-refractivity contribution is -0.139. The Hall–Kier alpha value is -2.85. The predicted octanol–water partition coefficient (Wildman–Crippen LogP) is -0.186. The van der Waals surface area contributed by atoms with Crippen LogP contribution in [0.25, 0.3) is 0 Å². The zero-order valence-corrected chi connectivity index (χ0v) is 18.7. The Bertz CT molecular complexity index is 910. The van der Waals surface area contributed by atoms with Crippen molar-refractivity contribution in [3.8, 4) is 11.5 Å². The van der Waals surface area contributed by atoms with Crippen LogP contribution in [0.1, 0.15) is 6.42 Å². The molecule has 1 unspecified atom stereocenters. The summed E-state index contributed by atoms with van der Waals surface area (Å²) < 4.78 is 16.5. The maximum atomic E-state index is 13.1. The van der Waals surface area contributed by atoms with Crippen molar-refractivity contribution in [3.05, 3.63) is 18.2 Å². The molecule has 0 N–H and O–H groups in total. The lowest BCUT2D eigenvalue weighted by Gasteiger charge is -2.36.